The molecule has 3 aromatic rings. The molecule has 138 valence electrons. The fourth-order valence-electron chi connectivity index (χ4n) is 2.72. The molecule has 0 spiro atoms. The van der Waals surface area contributed by atoms with Gasteiger partial charge in [0.2, 0.25) is 0 Å². The molecule has 0 heterocycles. The number of hydrogen-bond acceptors (Lipinski definition) is 4. The van der Waals surface area contributed by atoms with Crippen LogP contribution in [-0.4, -0.2) is 18.9 Å². The summed E-state index contributed by atoms with van der Waals surface area (Å²) in [7, 11) is 0. The van der Waals surface area contributed by atoms with Gasteiger partial charge in [-0.2, -0.15) is 0 Å². The second-order valence-electron chi connectivity index (χ2n) is 6.77. The molecule has 0 aromatic heterocycles. The number of benzene rings is 3. The summed E-state index contributed by atoms with van der Waals surface area (Å²) in [6.07, 6.45) is 1.67. The maximum absolute atomic E-state index is 12.6. The van der Waals surface area contributed by atoms with Gasteiger partial charge in [0.1, 0.15) is 11.5 Å². The first-order valence-corrected chi connectivity index (χ1v) is 9.00. The van der Waals surface area contributed by atoms with Gasteiger partial charge in [-0.15, -0.1) is 0 Å². The van der Waals surface area contributed by atoms with Crippen LogP contribution >= 0.6 is 0 Å². The zero-order chi connectivity index (χ0) is 19.2. The third kappa shape index (κ3) is 4.53. The topological polar surface area (TPSA) is 52.6 Å². The zero-order valence-electron chi connectivity index (χ0n) is 15.5. The minimum atomic E-state index is -0.511. The van der Waals surface area contributed by atoms with E-state index in [0.717, 1.165) is 17.2 Å². The first-order chi connectivity index (χ1) is 13.1. The fourth-order valence-corrected chi connectivity index (χ4v) is 2.72. The van der Waals surface area contributed by atoms with Crippen molar-refractivity contribution in [1.82, 2.24) is 0 Å². The Morgan fingerprint density at radius 1 is 1.00 bits per heavy atom. The van der Waals surface area contributed by atoms with Crippen molar-refractivity contribution < 1.29 is 19.1 Å². The predicted molar refractivity (Wildman–Crippen MR) is 106 cm³/mol. The van der Waals surface area contributed by atoms with E-state index in [-0.39, 0.29) is 5.75 Å². The summed E-state index contributed by atoms with van der Waals surface area (Å²) in [5, 5.41) is 1.63. The number of carbonyl (C=O) groups is 2. The Morgan fingerprint density at radius 3 is 2.44 bits per heavy atom. The highest BCUT2D eigenvalue weighted by molar-refractivity contribution is 6.00. The molecule has 0 fully saturated rings. The molecular weight excluding hydrogens is 340 g/mol. The molecule has 3 aromatic carbocycles. The Hall–Kier alpha value is -3.14. The van der Waals surface area contributed by atoms with Crippen molar-refractivity contribution in [2.45, 2.75) is 20.3 Å². The normalized spacial score (nSPS) is 10.8. The number of hydrogen-bond donors (Lipinski definition) is 0. The van der Waals surface area contributed by atoms with E-state index in [9.17, 15) is 9.59 Å². The molecule has 0 unspecified atom stereocenters. The summed E-state index contributed by atoms with van der Waals surface area (Å²) in [4.78, 5) is 23.9. The van der Waals surface area contributed by atoms with Crippen LogP contribution in [0.2, 0.25) is 0 Å². The van der Waals surface area contributed by atoms with E-state index in [0.29, 0.717) is 35.7 Å². The van der Waals surface area contributed by atoms with Gasteiger partial charge >= 0.3 is 5.97 Å². The second kappa shape index (κ2) is 8.49. The number of carbonyl (C=O) groups excluding carboxylic acids is 2. The van der Waals surface area contributed by atoms with Gasteiger partial charge < -0.3 is 9.47 Å². The molecule has 0 amide bonds. The minimum absolute atomic E-state index is 0.283. The Morgan fingerprint density at radius 2 is 1.74 bits per heavy atom. The van der Waals surface area contributed by atoms with Gasteiger partial charge in [0.05, 0.1) is 17.7 Å². The number of fused-ring (bicyclic) bond motifs is 1. The lowest BCUT2D eigenvalue weighted by Gasteiger charge is -2.11. The first kappa shape index (κ1) is 18.6. The Balaban J connectivity index is 1.77. The van der Waals surface area contributed by atoms with Crippen molar-refractivity contribution in [3.63, 3.8) is 0 Å². The van der Waals surface area contributed by atoms with Gasteiger partial charge in [-0.25, -0.2) is 4.79 Å². The summed E-state index contributed by atoms with van der Waals surface area (Å²) >= 11 is 0. The van der Waals surface area contributed by atoms with E-state index in [1.165, 1.54) is 0 Å². The third-order valence-corrected chi connectivity index (χ3v) is 4.29. The molecular formula is C23H22O4. The van der Waals surface area contributed by atoms with Gasteiger partial charge in [0.25, 0.3) is 0 Å². The first-order valence-electron chi connectivity index (χ1n) is 9.00. The Bertz CT molecular complexity index is 942. The van der Waals surface area contributed by atoms with Crippen LogP contribution in [-0.2, 0) is 0 Å². The second-order valence-corrected chi connectivity index (χ2v) is 6.77. The number of ether oxygens (including phenoxy) is 2. The smallest absolute Gasteiger partial charge is 0.343 e. The fraction of sp³-hybridized carbons (Fsp3) is 0.217. The van der Waals surface area contributed by atoms with Crippen LogP contribution < -0.4 is 9.47 Å². The van der Waals surface area contributed by atoms with E-state index >= 15 is 0 Å². The highest BCUT2D eigenvalue weighted by Crippen LogP contribution is 2.29. The van der Waals surface area contributed by atoms with Gasteiger partial charge in [-0.3, -0.25) is 4.79 Å². The Labute approximate surface area is 158 Å². The van der Waals surface area contributed by atoms with Crippen LogP contribution in [0.4, 0.5) is 0 Å². The largest absolute Gasteiger partial charge is 0.494 e. The molecule has 0 saturated carbocycles. The summed E-state index contributed by atoms with van der Waals surface area (Å²) in [6, 6.07) is 17.8. The van der Waals surface area contributed by atoms with E-state index in [4.69, 9.17) is 9.47 Å². The van der Waals surface area contributed by atoms with Gasteiger partial charge in [-0.05, 0) is 48.1 Å². The maximum Gasteiger partial charge on any atom is 0.343 e. The lowest BCUT2D eigenvalue weighted by molar-refractivity contribution is 0.0736. The van der Waals surface area contributed by atoms with Crippen molar-refractivity contribution in [3.8, 4) is 11.5 Å². The van der Waals surface area contributed by atoms with E-state index < -0.39 is 5.97 Å². The number of esters is 1. The number of aldehydes is 1. The molecule has 4 heteroatoms. The van der Waals surface area contributed by atoms with Gasteiger partial charge in [0, 0.05) is 5.39 Å². The maximum atomic E-state index is 12.6. The van der Waals surface area contributed by atoms with Crippen LogP contribution in [0.15, 0.2) is 60.7 Å². The monoisotopic (exact) mass is 362 g/mol. The SMILES string of the molecule is CC(C)CCOc1ccc(C(=O)Oc2c(C=O)ccc3ccccc23)cc1. The molecule has 3 rings (SSSR count). The lowest BCUT2D eigenvalue weighted by atomic mass is 10.1. The van der Waals surface area contributed by atoms with Gasteiger partial charge in [-0.1, -0.05) is 44.2 Å². The predicted octanol–water partition coefficient (Wildman–Crippen LogP) is 5.30. The van der Waals surface area contributed by atoms with Crippen LogP contribution in [0.25, 0.3) is 10.8 Å². The van der Waals surface area contributed by atoms with E-state index in [1.807, 2.05) is 30.3 Å². The molecule has 0 N–H and O–H groups in total. The minimum Gasteiger partial charge on any atom is -0.494 e. The van der Waals surface area contributed by atoms with E-state index in [1.54, 1.807) is 30.3 Å². The highest BCUT2D eigenvalue weighted by atomic mass is 16.5. The molecule has 27 heavy (non-hydrogen) atoms. The highest BCUT2D eigenvalue weighted by Gasteiger charge is 2.15. The van der Waals surface area contributed by atoms with Crippen molar-refractivity contribution in [1.29, 1.82) is 0 Å². The molecule has 0 aliphatic rings. The summed E-state index contributed by atoms with van der Waals surface area (Å²) in [5.41, 5.74) is 0.742. The molecule has 0 aliphatic carbocycles. The van der Waals surface area contributed by atoms with Crippen molar-refractivity contribution in [3.05, 3.63) is 71.8 Å². The number of rotatable bonds is 7. The molecule has 0 saturated heterocycles. The standard InChI is InChI=1S/C23H22O4/c1-16(2)13-14-26-20-11-9-18(10-12-20)23(25)27-22-19(15-24)8-7-17-5-3-4-6-21(17)22/h3-12,15-16H,13-14H2,1-2H3. The zero-order valence-corrected chi connectivity index (χ0v) is 15.5. The average molecular weight is 362 g/mol. The summed E-state index contributed by atoms with van der Waals surface area (Å²) in [5.74, 6) is 1.06. The molecule has 4 nitrogen and oxygen atoms in total. The van der Waals surface area contributed by atoms with Crippen LogP contribution in [0.5, 0.6) is 11.5 Å². The van der Waals surface area contributed by atoms with E-state index in [2.05, 4.69) is 13.8 Å². The lowest BCUT2D eigenvalue weighted by Crippen LogP contribution is -2.10. The van der Waals surface area contributed by atoms with Crippen molar-refractivity contribution >= 4 is 23.0 Å². The summed E-state index contributed by atoms with van der Waals surface area (Å²) < 4.78 is 11.2. The van der Waals surface area contributed by atoms with Crippen LogP contribution in [0, 0.1) is 5.92 Å². The van der Waals surface area contributed by atoms with Crippen molar-refractivity contribution in [2.75, 3.05) is 6.61 Å². The Kier molecular flexibility index (Phi) is 5.87. The molecule has 0 aliphatic heterocycles. The average Bonchev–Trinajstić information content (AvgIpc) is 2.68. The molecule has 0 atom stereocenters. The van der Waals surface area contributed by atoms with Crippen molar-refractivity contribution in [2.24, 2.45) is 5.92 Å². The third-order valence-electron chi connectivity index (χ3n) is 4.29. The molecule has 0 radical (unpaired) electrons. The van der Waals surface area contributed by atoms with Crippen LogP contribution in [0.3, 0.4) is 0 Å². The summed E-state index contributed by atoms with van der Waals surface area (Å²) in [6.45, 7) is 4.92. The van der Waals surface area contributed by atoms with Crippen LogP contribution in [0.1, 0.15) is 41.0 Å². The quantitative estimate of drug-likeness (QED) is 0.325. The molecule has 0 bridgehead atoms. The van der Waals surface area contributed by atoms with Gasteiger partial charge in [0.15, 0.2) is 6.29 Å².